The second-order valence-electron chi connectivity index (χ2n) is 4.45. The molecular formula is C14H18N2O3. The number of fused-ring (bicyclic) bond motifs is 1. The Morgan fingerprint density at radius 3 is 2.84 bits per heavy atom. The Morgan fingerprint density at radius 1 is 1.37 bits per heavy atom. The molecule has 1 heterocycles. The van der Waals surface area contributed by atoms with Crippen LogP contribution in [0.25, 0.3) is 11.1 Å². The molecule has 1 aromatic carbocycles. The third-order valence-corrected chi connectivity index (χ3v) is 3.03. The van der Waals surface area contributed by atoms with Crippen LogP contribution in [0.2, 0.25) is 0 Å². The van der Waals surface area contributed by atoms with Gasteiger partial charge in [0.25, 0.3) is 0 Å². The lowest BCUT2D eigenvalue weighted by atomic mass is 10.2. The van der Waals surface area contributed by atoms with Gasteiger partial charge in [0, 0.05) is 24.7 Å². The zero-order valence-electron chi connectivity index (χ0n) is 11.2. The van der Waals surface area contributed by atoms with E-state index in [2.05, 4.69) is 5.32 Å². The van der Waals surface area contributed by atoms with Crippen LogP contribution in [0, 0.1) is 0 Å². The Labute approximate surface area is 111 Å². The number of carbonyl (C=O) groups excluding carboxylic acids is 1. The number of hydrogen-bond acceptors (Lipinski definition) is 3. The molecule has 2 aromatic rings. The second-order valence-corrected chi connectivity index (χ2v) is 4.45. The number of benzene rings is 1. The number of carbonyl (C=O) groups is 1. The maximum absolute atomic E-state index is 11.6. The summed E-state index contributed by atoms with van der Waals surface area (Å²) in [4.78, 5) is 23.2. The lowest BCUT2D eigenvalue weighted by Gasteiger charge is -2.04. The number of aromatic nitrogens is 1. The number of aryl methyl sites for hydroxylation is 1. The minimum atomic E-state index is -0.369. The van der Waals surface area contributed by atoms with Crippen molar-refractivity contribution in [3.63, 3.8) is 0 Å². The molecule has 0 aliphatic carbocycles. The summed E-state index contributed by atoms with van der Waals surface area (Å²) in [5.74, 6) is -0.384. The molecule has 1 aromatic heterocycles. The molecule has 0 aliphatic heterocycles. The monoisotopic (exact) mass is 262 g/mol. The number of oxazole rings is 1. The van der Waals surface area contributed by atoms with Gasteiger partial charge < -0.3 is 9.73 Å². The van der Waals surface area contributed by atoms with Crippen molar-refractivity contribution >= 4 is 22.7 Å². The largest absolute Gasteiger partial charge is 0.419 e. The summed E-state index contributed by atoms with van der Waals surface area (Å²) in [7, 11) is 0. The van der Waals surface area contributed by atoms with Gasteiger partial charge in [-0.2, -0.15) is 0 Å². The Balaban J connectivity index is 2.22. The average molecular weight is 262 g/mol. The van der Waals surface area contributed by atoms with E-state index in [-0.39, 0.29) is 11.7 Å². The number of nitrogens with one attached hydrogen (secondary N) is 1. The van der Waals surface area contributed by atoms with E-state index in [1.54, 1.807) is 22.8 Å². The van der Waals surface area contributed by atoms with Gasteiger partial charge in [0.1, 0.15) is 0 Å². The molecular weight excluding hydrogens is 244 g/mol. The molecule has 0 unspecified atom stereocenters. The van der Waals surface area contributed by atoms with E-state index in [1.807, 2.05) is 13.8 Å². The van der Waals surface area contributed by atoms with Gasteiger partial charge in [0.05, 0.1) is 5.52 Å². The van der Waals surface area contributed by atoms with Gasteiger partial charge in [-0.1, -0.05) is 13.3 Å². The Hall–Kier alpha value is -2.04. The highest BCUT2D eigenvalue weighted by Gasteiger charge is 2.09. The maximum Gasteiger partial charge on any atom is 0.419 e. The summed E-state index contributed by atoms with van der Waals surface area (Å²) in [6.45, 7) is 4.49. The summed E-state index contributed by atoms with van der Waals surface area (Å²) in [6.07, 6.45) is 2.37. The van der Waals surface area contributed by atoms with Gasteiger partial charge in [0.2, 0.25) is 5.91 Å². The molecule has 0 atom stereocenters. The van der Waals surface area contributed by atoms with Gasteiger partial charge in [-0.15, -0.1) is 0 Å². The van der Waals surface area contributed by atoms with E-state index >= 15 is 0 Å². The first-order valence-electron chi connectivity index (χ1n) is 6.59. The highest BCUT2D eigenvalue weighted by Crippen LogP contribution is 2.18. The maximum atomic E-state index is 11.6. The normalized spacial score (nSPS) is 10.8. The summed E-state index contributed by atoms with van der Waals surface area (Å²) in [5, 5.41) is 2.81. The van der Waals surface area contributed by atoms with Crippen molar-refractivity contribution in [1.29, 1.82) is 0 Å². The zero-order chi connectivity index (χ0) is 13.8. The van der Waals surface area contributed by atoms with Crippen LogP contribution in [0.5, 0.6) is 0 Å². The van der Waals surface area contributed by atoms with Crippen LogP contribution in [0.4, 0.5) is 5.69 Å². The van der Waals surface area contributed by atoms with Crippen molar-refractivity contribution in [2.45, 2.75) is 39.7 Å². The first kappa shape index (κ1) is 13.4. The topological polar surface area (TPSA) is 64.2 Å². The number of nitrogens with zero attached hydrogens (tertiary/aromatic N) is 1. The number of hydrogen-bond donors (Lipinski definition) is 1. The van der Waals surface area contributed by atoms with Crippen LogP contribution in [0.15, 0.2) is 27.4 Å². The standard InChI is InChI=1S/C14H18N2O3/c1-3-5-6-13(17)15-10-7-8-11-12(9-10)19-14(18)16(11)4-2/h7-9H,3-6H2,1-2H3,(H,15,17). The molecule has 0 radical (unpaired) electrons. The van der Waals surface area contributed by atoms with E-state index in [4.69, 9.17) is 4.42 Å². The molecule has 1 amide bonds. The van der Waals surface area contributed by atoms with Crippen molar-refractivity contribution in [3.05, 3.63) is 28.7 Å². The summed E-state index contributed by atoms with van der Waals surface area (Å²) < 4.78 is 6.70. The zero-order valence-corrected chi connectivity index (χ0v) is 11.2. The molecule has 0 spiro atoms. The number of unbranched alkanes of at least 4 members (excludes halogenated alkanes) is 1. The number of anilines is 1. The predicted molar refractivity (Wildman–Crippen MR) is 74.3 cm³/mol. The highest BCUT2D eigenvalue weighted by molar-refractivity contribution is 5.92. The molecule has 5 nitrogen and oxygen atoms in total. The van der Waals surface area contributed by atoms with Gasteiger partial charge in [-0.3, -0.25) is 9.36 Å². The molecule has 19 heavy (non-hydrogen) atoms. The van der Waals surface area contributed by atoms with Crippen molar-refractivity contribution in [1.82, 2.24) is 4.57 Å². The molecule has 0 bridgehead atoms. The van der Waals surface area contributed by atoms with Crippen LogP contribution >= 0.6 is 0 Å². The van der Waals surface area contributed by atoms with Gasteiger partial charge in [-0.25, -0.2) is 4.79 Å². The predicted octanol–water partition coefficient (Wildman–Crippen LogP) is 2.74. The lowest BCUT2D eigenvalue weighted by molar-refractivity contribution is -0.116. The van der Waals surface area contributed by atoms with Crippen LogP contribution in [0.1, 0.15) is 33.1 Å². The summed E-state index contributed by atoms with van der Waals surface area (Å²) >= 11 is 0. The SMILES string of the molecule is CCCCC(=O)Nc1ccc2c(c1)oc(=O)n2CC. The highest BCUT2D eigenvalue weighted by atomic mass is 16.4. The van der Waals surface area contributed by atoms with Crippen molar-refractivity contribution in [2.24, 2.45) is 0 Å². The van der Waals surface area contributed by atoms with Crippen LogP contribution in [0.3, 0.4) is 0 Å². The number of rotatable bonds is 5. The van der Waals surface area contributed by atoms with E-state index in [0.29, 0.717) is 24.2 Å². The molecule has 102 valence electrons. The molecule has 5 heteroatoms. The van der Waals surface area contributed by atoms with Gasteiger partial charge >= 0.3 is 5.76 Å². The summed E-state index contributed by atoms with van der Waals surface area (Å²) in [5.41, 5.74) is 1.91. The van der Waals surface area contributed by atoms with Crippen LogP contribution in [-0.2, 0) is 11.3 Å². The first-order chi connectivity index (χ1) is 9.15. The molecule has 0 fully saturated rings. The van der Waals surface area contributed by atoms with E-state index < -0.39 is 0 Å². The quantitative estimate of drug-likeness (QED) is 0.901. The Bertz CT molecular complexity index is 640. The fourth-order valence-corrected chi connectivity index (χ4v) is 2.00. The molecule has 2 rings (SSSR count). The fraction of sp³-hybridized carbons (Fsp3) is 0.429. The number of amides is 1. The van der Waals surface area contributed by atoms with Gasteiger partial charge in [-0.05, 0) is 25.5 Å². The second kappa shape index (κ2) is 5.73. The molecule has 1 N–H and O–H groups in total. The molecule has 0 saturated carbocycles. The van der Waals surface area contributed by atoms with Crippen LogP contribution in [-0.4, -0.2) is 10.5 Å². The minimum Gasteiger partial charge on any atom is -0.408 e. The van der Waals surface area contributed by atoms with Crippen molar-refractivity contribution < 1.29 is 9.21 Å². The van der Waals surface area contributed by atoms with E-state index in [9.17, 15) is 9.59 Å². The first-order valence-corrected chi connectivity index (χ1v) is 6.59. The van der Waals surface area contributed by atoms with E-state index in [0.717, 1.165) is 18.4 Å². The smallest absolute Gasteiger partial charge is 0.408 e. The van der Waals surface area contributed by atoms with Crippen molar-refractivity contribution in [3.8, 4) is 0 Å². The Morgan fingerprint density at radius 2 is 2.16 bits per heavy atom. The lowest BCUT2D eigenvalue weighted by Crippen LogP contribution is -2.12. The molecule has 0 saturated heterocycles. The minimum absolute atomic E-state index is 0.0153. The third kappa shape index (κ3) is 2.86. The fourth-order valence-electron chi connectivity index (χ4n) is 2.00. The summed E-state index contributed by atoms with van der Waals surface area (Å²) in [6, 6.07) is 5.26. The van der Waals surface area contributed by atoms with Crippen molar-refractivity contribution in [2.75, 3.05) is 5.32 Å². The van der Waals surface area contributed by atoms with E-state index in [1.165, 1.54) is 0 Å². The Kier molecular flexibility index (Phi) is 4.04. The van der Waals surface area contributed by atoms with Crippen LogP contribution < -0.4 is 11.1 Å². The molecule has 0 aliphatic rings. The average Bonchev–Trinajstić information content (AvgIpc) is 2.70. The van der Waals surface area contributed by atoms with Gasteiger partial charge in [0.15, 0.2) is 5.58 Å². The third-order valence-electron chi connectivity index (χ3n) is 3.03.